The Kier molecular flexibility index (Phi) is 5.41. The summed E-state index contributed by atoms with van der Waals surface area (Å²) in [6.07, 6.45) is 0.425. The van der Waals surface area contributed by atoms with E-state index in [9.17, 15) is 9.59 Å². The Morgan fingerprint density at radius 1 is 1.12 bits per heavy atom. The number of amides is 2. The topological polar surface area (TPSA) is 49.9 Å². The summed E-state index contributed by atoms with van der Waals surface area (Å²) < 4.78 is 4.88. The summed E-state index contributed by atoms with van der Waals surface area (Å²) in [7, 11) is 1.59. The average molecular weight is 242 g/mol. The zero-order chi connectivity index (χ0) is 12.8. The van der Waals surface area contributed by atoms with Gasteiger partial charge in [-0.25, -0.2) is 0 Å². The predicted octanol–water partition coefficient (Wildman–Crippen LogP) is 0.350. The minimum Gasteiger partial charge on any atom is -0.384 e. The first-order valence-corrected chi connectivity index (χ1v) is 6.11. The van der Waals surface area contributed by atoms with Crippen molar-refractivity contribution in [2.24, 2.45) is 5.92 Å². The maximum Gasteiger partial charge on any atom is 0.225 e. The standard InChI is InChI=1S/C12H22N2O3/c1-10(2)12(16)14-7-5-13(6-8-14)11(15)4-9-17-3/h10H,4-9H2,1-3H3. The maximum atomic E-state index is 11.7. The lowest BCUT2D eigenvalue weighted by Gasteiger charge is -2.35. The number of methoxy groups -OCH3 is 1. The summed E-state index contributed by atoms with van der Waals surface area (Å²) in [4.78, 5) is 27.1. The van der Waals surface area contributed by atoms with Crippen LogP contribution in [0.1, 0.15) is 20.3 Å². The molecule has 1 aliphatic heterocycles. The Labute approximate surface area is 103 Å². The molecule has 0 unspecified atom stereocenters. The predicted molar refractivity (Wildman–Crippen MR) is 64.5 cm³/mol. The number of ether oxygens (including phenoxy) is 1. The number of carbonyl (C=O) groups excluding carboxylic acids is 2. The van der Waals surface area contributed by atoms with Crippen LogP contribution in [-0.2, 0) is 14.3 Å². The largest absolute Gasteiger partial charge is 0.384 e. The van der Waals surface area contributed by atoms with Gasteiger partial charge in [-0.3, -0.25) is 9.59 Å². The second kappa shape index (κ2) is 6.59. The molecule has 0 aromatic carbocycles. The van der Waals surface area contributed by atoms with Crippen LogP contribution in [0.15, 0.2) is 0 Å². The van der Waals surface area contributed by atoms with Gasteiger partial charge in [0.05, 0.1) is 13.0 Å². The molecule has 17 heavy (non-hydrogen) atoms. The molecule has 2 amide bonds. The molecule has 0 bridgehead atoms. The molecule has 1 rings (SSSR count). The molecule has 1 saturated heterocycles. The van der Waals surface area contributed by atoms with Crippen LogP contribution in [0.4, 0.5) is 0 Å². The van der Waals surface area contributed by atoms with E-state index in [0.29, 0.717) is 39.2 Å². The van der Waals surface area contributed by atoms with Gasteiger partial charge < -0.3 is 14.5 Å². The molecule has 0 N–H and O–H groups in total. The zero-order valence-electron chi connectivity index (χ0n) is 10.9. The summed E-state index contributed by atoms with van der Waals surface area (Å²) in [5, 5.41) is 0. The van der Waals surface area contributed by atoms with Crippen molar-refractivity contribution in [3.05, 3.63) is 0 Å². The van der Waals surface area contributed by atoms with Gasteiger partial charge in [0, 0.05) is 39.2 Å². The Morgan fingerprint density at radius 3 is 2.12 bits per heavy atom. The van der Waals surface area contributed by atoms with Gasteiger partial charge in [-0.2, -0.15) is 0 Å². The summed E-state index contributed by atoms with van der Waals surface area (Å²) in [5.41, 5.74) is 0. The van der Waals surface area contributed by atoms with Gasteiger partial charge in [-0.15, -0.1) is 0 Å². The van der Waals surface area contributed by atoms with Gasteiger partial charge in [0.2, 0.25) is 11.8 Å². The van der Waals surface area contributed by atoms with Crippen molar-refractivity contribution >= 4 is 11.8 Å². The average Bonchev–Trinajstić information content (AvgIpc) is 2.35. The van der Waals surface area contributed by atoms with E-state index in [1.807, 2.05) is 23.6 Å². The molecule has 0 atom stereocenters. The van der Waals surface area contributed by atoms with Crippen molar-refractivity contribution in [2.75, 3.05) is 39.9 Å². The van der Waals surface area contributed by atoms with Crippen molar-refractivity contribution in [3.63, 3.8) is 0 Å². The molecule has 98 valence electrons. The van der Waals surface area contributed by atoms with Gasteiger partial charge in [-0.1, -0.05) is 13.8 Å². The minimum absolute atomic E-state index is 0.0331. The third kappa shape index (κ3) is 4.00. The molecule has 1 aliphatic rings. The van der Waals surface area contributed by atoms with Gasteiger partial charge in [0.15, 0.2) is 0 Å². The number of rotatable bonds is 4. The number of nitrogens with zero attached hydrogens (tertiary/aromatic N) is 2. The maximum absolute atomic E-state index is 11.7. The Bertz CT molecular complexity index is 271. The second-order valence-corrected chi connectivity index (χ2v) is 4.60. The molecule has 5 heteroatoms. The molecule has 0 saturated carbocycles. The van der Waals surface area contributed by atoms with E-state index in [4.69, 9.17) is 4.74 Å². The third-order valence-electron chi connectivity index (χ3n) is 2.96. The Morgan fingerprint density at radius 2 is 1.65 bits per heavy atom. The molecular weight excluding hydrogens is 220 g/mol. The molecule has 1 fully saturated rings. The fourth-order valence-electron chi connectivity index (χ4n) is 1.89. The van der Waals surface area contributed by atoms with Crippen LogP contribution in [0.5, 0.6) is 0 Å². The van der Waals surface area contributed by atoms with Crippen molar-refractivity contribution in [2.45, 2.75) is 20.3 Å². The van der Waals surface area contributed by atoms with Crippen LogP contribution in [0, 0.1) is 5.92 Å². The monoisotopic (exact) mass is 242 g/mol. The molecule has 0 aromatic rings. The van der Waals surface area contributed by atoms with Crippen LogP contribution in [0.25, 0.3) is 0 Å². The molecule has 0 aromatic heterocycles. The van der Waals surface area contributed by atoms with Gasteiger partial charge in [-0.05, 0) is 0 Å². The highest BCUT2D eigenvalue weighted by Gasteiger charge is 2.24. The van der Waals surface area contributed by atoms with E-state index in [1.165, 1.54) is 0 Å². The highest BCUT2D eigenvalue weighted by molar-refractivity contribution is 5.79. The van der Waals surface area contributed by atoms with E-state index >= 15 is 0 Å². The van der Waals surface area contributed by atoms with Gasteiger partial charge in [0.1, 0.15) is 0 Å². The third-order valence-corrected chi connectivity index (χ3v) is 2.96. The summed E-state index contributed by atoms with van der Waals surface area (Å²) in [6.45, 7) is 6.84. The van der Waals surface area contributed by atoms with Gasteiger partial charge in [0.25, 0.3) is 0 Å². The van der Waals surface area contributed by atoms with E-state index < -0.39 is 0 Å². The quantitative estimate of drug-likeness (QED) is 0.715. The number of carbonyl (C=O) groups is 2. The molecule has 5 nitrogen and oxygen atoms in total. The first-order chi connectivity index (χ1) is 8.06. The lowest BCUT2D eigenvalue weighted by Crippen LogP contribution is -2.51. The second-order valence-electron chi connectivity index (χ2n) is 4.60. The SMILES string of the molecule is COCCC(=O)N1CCN(C(=O)C(C)C)CC1. The van der Waals surface area contributed by atoms with Crippen LogP contribution in [0.3, 0.4) is 0 Å². The summed E-state index contributed by atoms with van der Waals surface area (Å²) >= 11 is 0. The lowest BCUT2D eigenvalue weighted by atomic mass is 10.1. The van der Waals surface area contributed by atoms with Gasteiger partial charge >= 0.3 is 0 Å². The molecule has 0 radical (unpaired) electrons. The van der Waals surface area contributed by atoms with E-state index in [-0.39, 0.29) is 17.7 Å². The zero-order valence-corrected chi connectivity index (χ0v) is 10.9. The van der Waals surface area contributed by atoms with Crippen LogP contribution < -0.4 is 0 Å². The van der Waals surface area contributed by atoms with E-state index in [0.717, 1.165) is 0 Å². The Balaban J connectivity index is 2.35. The first-order valence-electron chi connectivity index (χ1n) is 6.11. The number of hydrogen-bond acceptors (Lipinski definition) is 3. The van der Waals surface area contributed by atoms with Crippen molar-refractivity contribution in [3.8, 4) is 0 Å². The minimum atomic E-state index is 0.0331. The molecular formula is C12H22N2O3. The highest BCUT2D eigenvalue weighted by atomic mass is 16.5. The van der Waals surface area contributed by atoms with E-state index in [2.05, 4.69) is 0 Å². The number of piperazine rings is 1. The normalized spacial score (nSPS) is 16.5. The van der Waals surface area contributed by atoms with E-state index in [1.54, 1.807) is 7.11 Å². The fraction of sp³-hybridized carbons (Fsp3) is 0.833. The highest BCUT2D eigenvalue weighted by Crippen LogP contribution is 2.08. The molecule has 0 aliphatic carbocycles. The van der Waals surface area contributed by atoms with Crippen molar-refractivity contribution in [1.29, 1.82) is 0 Å². The molecule has 1 heterocycles. The van der Waals surface area contributed by atoms with Crippen LogP contribution in [0.2, 0.25) is 0 Å². The van der Waals surface area contributed by atoms with Crippen LogP contribution in [-0.4, -0.2) is 61.5 Å². The Hall–Kier alpha value is -1.10. The fourth-order valence-corrected chi connectivity index (χ4v) is 1.89. The van der Waals surface area contributed by atoms with Crippen molar-refractivity contribution in [1.82, 2.24) is 9.80 Å². The number of hydrogen-bond donors (Lipinski definition) is 0. The lowest BCUT2D eigenvalue weighted by molar-refractivity contribution is -0.141. The molecule has 0 spiro atoms. The van der Waals surface area contributed by atoms with Crippen molar-refractivity contribution < 1.29 is 14.3 Å². The summed E-state index contributed by atoms with van der Waals surface area (Å²) in [6, 6.07) is 0. The smallest absolute Gasteiger partial charge is 0.225 e. The van der Waals surface area contributed by atoms with Crippen LogP contribution >= 0.6 is 0 Å². The summed E-state index contributed by atoms with van der Waals surface area (Å²) in [5.74, 6) is 0.322. The first kappa shape index (κ1) is 14.0.